The fourth-order valence-corrected chi connectivity index (χ4v) is 4.10. The molecule has 2 heterocycles. The third kappa shape index (κ3) is 4.35. The molecule has 0 radical (unpaired) electrons. The average molecular weight is 344 g/mol. The molecule has 0 aromatic heterocycles. The van der Waals surface area contributed by atoms with E-state index in [-0.39, 0.29) is 11.8 Å². The van der Waals surface area contributed by atoms with Crippen molar-refractivity contribution < 1.29 is 4.79 Å². The number of amides is 1. The molecule has 0 saturated carbocycles. The van der Waals surface area contributed by atoms with Crippen LogP contribution in [0.3, 0.4) is 0 Å². The van der Waals surface area contributed by atoms with Crippen molar-refractivity contribution in [3.63, 3.8) is 0 Å². The van der Waals surface area contributed by atoms with Gasteiger partial charge in [0.25, 0.3) is 0 Å². The van der Waals surface area contributed by atoms with Crippen LogP contribution < -0.4 is 10.2 Å². The maximum atomic E-state index is 12.1. The van der Waals surface area contributed by atoms with Crippen LogP contribution >= 0.6 is 0 Å². The summed E-state index contributed by atoms with van der Waals surface area (Å²) in [4.78, 5) is 17.0. The van der Waals surface area contributed by atoms with E-state index in [4.69, 9.17) is 0 Å². The number of benzene rings is 1. The summed E-state index contributed by atoms with van der Waals surface area (Å²) in [6.07, 6.45) is 6.26. The molecule has 2 aliphatic rings. The maximum absolute atomic E-state index is 12.1. The third-order valence-electron chi connectivity index (χ3n) is 5.66. The highest BCUT2D eigenvalue weighted by molar-refractivity contribution is 5.77. The number of carbonyl (C=O) groups is 1. The zero-order valence-corrected chi connectivity index (χ0v) is 16.1. The molecular formula is C21H33N3O. The summed E-state index contributed by atoms with van der Waals surface area (Å²) in [5.41, 5.74) is 4.20. The number of anilines is 1. The molecule has 1 amide bonds. The van der Waals surface area contributed by atoms with Crippen LogP contribution in [0.15, 0.2) is 18.2 Å². The molecule has 1 aromatic carbocycles. The van der Waals surface area contributed by atoms with E-state index in [9.17, 15) is 4.79 Å². The fourth-order valence-electron chi connectivity index (χ4n) is 4.10. The highest BCUT2D eigenvalue weighted by Gasteiger charge is 2.25. The summed E-state index contributed by atoms with van der Waals surface area (Å²) >= 11 is 0. The van der Waals surface area contributed by atoms with Crippen LogP contribution in [0, 0.1) is 5.92 Å². The minimum Gasteiger partial charge on any atom is -0.374 e. The van der Waals surface area contributed by atoms with E-state index in [2.05, 4.69) is 40.4 Å². The van der Waals surface area contributed by atoms with Gasteiger partial charge in [-0.1, -0.05) is 32.4 Å². The van der Waals surface area contributed by atoms with Gasteiger partial charge in [0, 0.05) is 31.7 Å². The molecule has 1 fully saturated rings. The highest BCUT2D eigenvalue weighted by atomic mass is 16.1. The number of aryl methyl sites for hydroxylation is 1. The van der Waals surface area contributed by atoms with Crippen LogP contribution in [0.5, 0.6) is 0 Å². The molecule has 1 aromatic rings. The Balaban J connectivity index is 1.81. The molecule has 4 heteroatoms. The van der Waals surface area contributed by atoms with Gasteiger partial charge >= 0.3 is 0 Å². The SMILES string of the molecule is CC(C)C(=O)NCC(c1ccc2c(c1)CCCN2C)N1CCCCC1. The molecule has 1 N–H and O–H groups in total. The third-order valence-corrected chi connectivity index (χ3v) is 5.66. The number of nitrogens with zero attached hydrogens (tertiary/aromatic N) is 2. The summed E-state index contributed by atoms with van der Waals surface area (Å²) in [5, 5.41) is 3.18. The van der Waals surface area contributed by atoms with E-state index in [0.717, 1.165) is 19.6 Å². The standard InChI is InChI=1S/C21H33N3O/c1-16(2)21(25)22-15-20(24-12-5-4-6-13-24)18-9-10-19-17(14-18)8-7-11-23(19)3/h9-10,14,16,20H,4-8,11-13,15H2,1-3H3,(H,22,25). The van der Waals surface area contributed by atoms with Gasteiger partial charge in [-0.3, -0.25) is 9.69 Å². The van der Waals surface area contributed by atoms with Crippen molar-refractivity contribution >= 4 is 11.6 Å². The molecule has 138 valence electrons. The molecule has 1 atom stereocenters. The van der Waals surface area contributed by atoms with E-state index in [0.29, 0.717) is 12.6 Å². The second-order valence-electron chi connectivity index (χ2n) is 7.93. The lowest BCUT2D eigenvalue weighted by molar-refractivity contribution is -0.124. The van der Waals surface area contributed by atoms with E-state index < -0.39 is 0 Å². The van der Waals surface area contributed by atoms with Crippen LogP contribution in [0.1, 0.15) is 56.7 Å². The predicted molar refractivity (Wildman–Crippen MR) is 104 cm³/mol. The van der Waals surface area contributed by atoms with Crippen LogP contribution in [-0.4, -0.2) is 44.0 Å². The smallest absolute Gasteiger partial charge is 0.222 e. The first-order valence-electron chi connectivity index (χ1n) is 9.92. The molecule has 1 saturated heterocycles. The number of hydrogen-bond donors (Lipinski definition) is 1. The summed E-state index contributed by atoms with van der Waals surface area (Å²) < 4.78 is 0. The van der Waals surface area contributed by atoms with Crippen LogP contribution in [0.2, 0.25) is 0 Å². The number of rotatable bonds is 5. The quantitative estimate of drug-likeness (QED) is 0.890. The molecular weight excluding hydrogens is 310 g/mol. The molecule has 1 unspecified atom stereocenters. The van der Waals surface area contributed by atoms with Crippen molar-refractivity contribution in [2.45, 2.75) is 52.0 Å². The van der Waals surface area contributed by atoms with Crippen molar-refractivity contribution in [3.8, 4) is 0 Å². The highest BCUT2D eigenvalue weighted by Crippen LogP contribution is 2.31. The number of fused-ring (bicyclic) bond motifs is 1. The Hall–Kier alpha value is -1.55. The van der Waals surface area contributed by atoms with Gasteiger partial charge < -0.3 is 10.2 Å². The monoisotopic (exact) mass is 343 g/mol. The van der Waals surface area contributed by atoms with Gasteiger partial charge in [-0.25, -0.2) is 0 Å². The van der Waals surface area contributed by atoms with Gasteiger partial charge in [0.15, 0.2) is 0 Å². The lowest BCUT2D eigenvalue weighted by Crippen LogP contribution is -2.41. The molecule has 25 heavy (non-hydrogen) atoms. The Bertz CT molecular complexity index is 593. The topological polar surface area (TPSA) is 35.6 Å². The van der Waals surface area contributed by atoms with Crippen LogP contribution in [-0.2, 0) is 11.2 Å². The first kappa shape index (κ1) is 18.2. The summed E-state index contributed by atoms with van der Waals surface area (Å²) in [6.45, 7) is 8.05. The van der Waals surface area contributed by atoms with Crippen molar-refractivity contribution in [3.05, 3.63) is 29.3 Å². The minimum atomic E-state index is 0.0409. The number of piperidine rings is 1. The Kier molecular flexibility index (Phi) is 6.00. The molecule has 0 bridgehead atoms. The molecule has 3 rings (SSSR count). The van der Waals surface area contributed by atoms with Crippen molar-refractivity contribution in [1.29, 1.82) is 0 Å². The normalized spacial score (nSPS) is 19.6. The fraction of sp³-hybridized carbons (Fsp3) is 0.667. The average Bonchev–Trinajstić information content (AvgIpc) is 2.62. The summed E-state index contributed by atoms with van der Waals surface area (Å²) in [7, 11) is 2.18. The largest absolute Gasteiger partial charge is 0.374 e. The Morgan fingerprint density at radius 1 is 1.12 bits per heavy atom. The first-order chi connectivity index (χ1) is 12.1. The second-order valence-corrected chi connectivity index (χ2v) is 7.93. The Labute approximate surface area is 152 Å². The van der Waals surface area contributed by atoms with Crippen molar-refractivity contribution in [2.24, 2.45) is 5.92 Å². The Morgan fingerprint density at radius 2 is 1.88 bits per heavy atom. The van der Waals surface area contributed by atoms with Crippen LogP contribution in [0.25, 0.3) is 0 Å². The molecule has 0 spiro atoms. The summed E-state index contributed by atoms with van der Waals surface area (Å²) in [6, 6.07) is 7.25. The van der Waals surface area contributed by atoms with Gasteiger partial charge in [0.05, 0.1) is 6.04 Å². The minimum absolute atomic E-state index is 0.0409. The van der Waals surface area contributed by atoms with Gasteiger partial charge in [0.1, 0.15) is 0 Å². The molecule has 2 aliphatic heterocycles. The Morgan fingerprint density at radius 3 is 2.60 bits per heavy atom. The summed E-state index contributed by atoms with van der Waals surface area (Å²) in [5.74, 6) is 0.193. The van der Waals surface area contributed by atoms with Gasteiger partial charge in [-0.05, 0) is 56.0 Å². The maximum Gasteiger partial charge on any atom is 0.222 e. The lowest BCUT2D eigenvalue weighted by Gasteiger charge is -2.36. The molecule has 0 aliphatic carbocycles. The van der Waals surface area contributed by atoms with E-state index >= 15 is 0 Å². The van der Waals surface area contributed by atoms with Crippen molar-refractivity contribution in [2.75, 3.05) is 38.1 Å². The van der Waals surface area contributed by atoms with Gasteiger partial charge in [0.2, 0.25) is 5.91 Å². The zero-order valence-electron chi connectivity index (χ0n) is 16.1. The number of nitrogens with one attached hydrogen (secondary N) is 1. The van der Waals surface area contributed by atoms with E-state index in [1.165, 1.54) is 48.9 Å². The van der Waals surface area contributed by atoms with E-state index in [1.807, 2.05) is 13.8 Å². The second kappa shape index (κ2) is 8.22. The van der Waals surface area contributed by atoms with Gasteiger partial charge in [-0.2, -0.15) is 0 Å². The number of carbonyl (C=O) groups excluding carboxylic acids is 1. The lowest BCUT2D eigenvalue weighted by atomic mass is 9.95. The molecule has 4 nitrogen and oxygen atoms in total. The predicted octanol–water partition coefficient (Wildman–Crippen LogP) is 3.37. The number of hydrogen-bond acceptors (Lipinski definition) is 3. The first-order valence-corrected chi connectivity index (χ1v) is 9.92. The van der Waals surface area contributed by atoms with E-state index in [1.54, 1.807) is 0 Å². The number of likely N-dealkylation sites (tertiary alicyclic amines) is 1. The van der Waals surface area contributed by atoms with Gasteiger partial charge in [-0.15, -0.1) is 0 Å². The van der Waals surface area contributed by atoms with Crippen molar-refractivity contribution in [1.82, 2.24) is 10.2 Å². The zero-order chi connectivity index (χ0) is 17.8. The van der Waals surface area contributed by atoms with Crippen LogP contribution in [0.4, 0.5) is 5.69 Å².